The maximum absolute atomic E-state index is 4.15. The summed E-state index contributed by atoms with van der Waals surface area (Å²) in [6, 6.07) is 2.70. The summed E-state index contributed by atoms with van der Waals surface area (Å²) >= 11 is 1.82. The fraction of sp³-hybridized carbons (Fsp3) is 0.400. The third kappa shape index (κ3) is 2.82. The molecule has 0 N–H and O–H groups in total. The first kappa shape index (κ1) is 13.7. The van der Waals surface area contributed by atoms with Gasteiger partial charge >= 0.3 is 0 Å². The topological polar surface area (TPSA) is 51.8 Å². The van der Waals surface area contributed by atoms with Crippen molar-refractivity contribution in [2.24, 2.45) is 0 Å². The summed E-state index contributed by atoms with van der Waals surface area (Å²) in [7, 11) is 0. The van der Waals surface area contributed by atoms with Gasteiger partial charge in [-0.3, -0.25) is 4.90 Å². The Kier molecular flexibility index (Phi) is 3.74. The lowest BCUT2D eigenvalue weighted by Gasteiger charge is -2.32. The lowest BCUT2D eigenvalue weighted by Crippen LogP contribution is -2.36. The minimum Gasteiger partial charge on any atom is -0.305 e. The van der Waals surface area contributed by atoms with Crippen molar-refractivity contribution in [3.63, 3.8) is 0 Å². The van der Waals surface area contributed by atoms with Crippen LogP contribution >= 0.6 is 11.3 Å². The van der Waals surface area contributed by atoms with Crippen LogP contribution < -0.4 is 0 Å². The minimum absolute atomic E-state index is 0.448. The summed E-state index contributed by atoms with van der Waals surface area (Å²) in [4.78, 5) is 8.01. The zero-order valence-corrected chi connectivity index (χ0v) is 13.1. The molecule has 1 saturated heterocycles. The minimum atomic E-state index is 0.448. The molecule has 1 aliphatic heterocycles. The molecule has 0 radical (unpaired) electrons. The van der Waals surface area contributed by atoms with Crippen LogP contribution in [0.1, 0.15) is 23.8 Å². The number of hydrogen-bond acceptors (Lipinski definition) is 5. The van der Waals surface area contributed by atoms with Crippen molar-refractivity contribution in [3.8, 4) is 5.69 Å². The number of thiophene rings is 1. The van der Waals surface area contributed by atoms with Gasteiger partial charge in [-0.05, 0) is 25.5 Å². The Balaban J connectivity index is 1.43. The molecule has 0 aromatic carbocycles. The van der Waals surface area contributed by atoms with E-state index >= 15 is 0 Å². The fourth-order valence-electron chi connectivity index (χ4n) is 3.02. The molecule has 0 aliphatic carbocycles. The molecule has 114 valence electrons. The van der Waals surface area contributed by atoms with Crippen LogP contribution in [0.4, 0.5) is 0 Å². The highest BCUT2D eigenvalue weighted by atomic mass is 32.1. The molecule has 0 amide bonds. The van der Waals surface area contributed by atoms with Crippen LogP contribution in [0.2, 0.25) is 0 Å². The van der Waals surface area contributed by atoms with Crippen LogP contribution in [-0.4, -0.2) is 42.5 Å². The molecule has 7 heteroatoms. The predicted molar refractivity (Wildman–Crippen MR) is 85.0 cm³/mol. The number of piperidine rings is 1. The van der Waals surface area contributed by atoms with Crippen molar-refractivity contribution in [3.05, 3.63) is 47.4 Å². The van der Waals surface area contributed by atoms with E-state index in [1.165, 1.54) is 23.4 Å². The summed E-state index contributed by atoms with van der Waals surface area (Å²) in [5.74, 6) is 0. The number of nitrogens with zero attached hydrogens (tertiary/aromatic N) is 6. The smallest absolute Gasteiger partial charge is 0.0991 e. The van der Waals surface area contributed by atoms with Crippen molar-refractivity contribution in [1.29, 1.82) is 0 Å². The van der Waals surface area contributed by atoms with Gasteiger partial charge in [0.1, 0.15) is 0 Å². The van der Waals surface area contributed by atoms with Crippen LogP contribution in [0, 0.1) is 0 Å². The standard InChI is InChI=1S/C15H18N6S/c1-2-13(21-7-4-17-18-21)9-19(5-1)10-15-8-14(11-22-15)20-6-3-16-12-20/h3-4,6-8,11-13H,1-2,5,9-10H2. The lowest BCUT2D eigenvalue weighted by atomic mass is 10.1. The van der Waals surface area contributed by atoms with Gasteiger partial charge in [-0.15, -0.1) is 16.4 Å². The van der Waals surface area contributed by atoms with Gasteiger partial charge in [-0.2, -0.15) is 0 Å². The van der Waals surface area contributed by atoms with E-state index in [1.807, 2.05) is 40.9 Å². The summed E-state index contributed by atoms with van der Waals surface area (Å²) in [6.07, 6.45) is 11.8. The van der Waals surface area contributed by atoms with Crippen LogP contribution in [0.5, 0.6) is 0 Å². The van der Waals surface area contributed by atoms with Gasteiger partial charge < -0.3 is 4.57 Å². The van der Waals surface area contributed by atoms with E-state index in [1.54, 1.807) is 6.20 Å². The molecule has 6 nitrogen and oxygen atoms in total. The quantitative estimate of drug-likeness (QED) is 0.742. The molecule has 22 heavy (non-hydrogen) atoms. The Hall–Kier alpha value is -1.99. The first-order chi connectivity index (χ1) is 10.9. The Morgan fingerprint density at radius 1 is 1.27 bits per heavy atom. The maximum atomic E-state index is 4.15. The van der Waals surface area contributed by atoms with Crippen molar-refractivity contribution >= 4 is 11.3 Å². The highest BCUT2D eigenvalue weighted by molar-refractivity contribution is 7.10. The van der Waals surface area contributed by atoms with E-state index in [4.69, 9.17) is 0 Å². The molecule has 1 unspecified atom stereocenters. The van der Waals surface area contributed by atoms with E-state index < -0.39 is 0 Å². The van der Waals surface area contributed by atoms with E-state index in [-0.39, 0.29) is 0 Å². The summed E-state index contributed by atoms with van der Waals surface area (Å²) in [5.41, 5.74) is 1.20. The van der Waals surface area contributed by atoms with Crippen molar-refractivity contribution in [2.45, 2.75) is 25.4 Å². The summed E-state index contributed by atoms with van der Waals surface area (Å²) in [6.45, 7) is 3.20. The lowest BCUT2D eigenvalue weighted by molar-refractivity contribution is 0.163. The Bertz CT molecular complexity index is 702. The predicted octanol–water partition coefficient (Wildman–Crippen LogP) is 2.36. The first-order valence-corrected chi connectivity index (χ1v) is 8.40. The van der Waals surface area contributed by atoms with Gasteiger partial charge in [0.2, 0.25) is 0 Å². The SMILES string of the molecule is c1cn(-c2csc(CN3CCCC(n4ccnn4)C3)c2)cn1. The number of rotatable bonds is 4. The van der Waals surface area contributed by atoms with Gasteiger partial charge in [0, 0.05) is 41.9 Å². The largest absolute Gasteiger partial charge is 0.305 e. The molecule has 0 saturated carbocycles. The van der Waals surface area contributed by atoms with Gasteiger partial charge in [-0.1, -0.05) is 5.21 Å². The van der Waals surface area contributed by atoms with Crippen LogP contribution in [0.25, 0.3) is 5.69 Å². The molecule has 3 aromatic heterocycles. The number of likely N-dealkylation sites (tertiary alicyclic amines) is 1. The second-order valence-corrected chi connectivity index (χ2v) is 6.65. The van der Waals surface area contributed by atoms with Gasteiger partial charge in [-0.25, -0.2) is 9.67 Å². The third-order valence-electron chi connectivity index (χ3n) is 4.12. The van der Waals surface area contributed by atoms with E-state index in [0.29, 0.717) is 6.04 Å². The molecule has 1 aliphatic rings. The van der Waals surface area contributed by atoms with Crippen molar-refractivity contribution in [1.82, 2.24) is 29.4 Å². The highest BCUT2D eigenvalue weighted by Gasteiger charge is 2.22. The second-order valence-electron chi connectivity index (χ2n) is 5.66. The van der Waals surface area contributed by atoms with E-state index in [0.717, 1.165) is 19.6 Å². The average molecular weight is 314 g/mol. The number of hydrogen-bond donors (Lipinski definition) is 0. The van der Waals surface area contributed by atoms with Gasteiger partial charge in [0.05, 0.1) is 24.3 Å². The zero-order chi connectivity index (χ0) is 14.8. The maximum Gasteiger partial charge on any atom is 0.0991 e. The third-order valence-corrected chi connectivity index (χ3v) is 5.03. The van der Waals surface area contributed by atoms with Crippen molar-refractivity contribution < 1.29 is 0 Å². The Morgan fingerprint density at radius 2 is 2.27 bits per heavy atom. The fourth-order valence-corrected chi connectivity index (χ4v) is 3.93. The molecular formula is C15H18N6S. The molecule has 1 atom stereocenters. The van der Waals surface area contributed by atoms with Gasteiger partial charge in [0.15, 0.2) is 0 Å². The van der Waals surface area contributed by atoms with Crippen LogP contribution in [-0.2, 0) is 6.54 Å². The number of aromatic nitrogens is 5. The normalized spacial score (nSPS) is 19.5. The van der Waals surface area contributed by atoms with Crippen molar-refractivity contribution in [2.75, 3.05) is 13.1 Å². The number of imidazole rings is 1. The van der Waals surface area contributed by atoms with Crippen LogP contribution in [0.3, 0.4) is 0 Å². The zero-order valence-electron chi connectivity index (χ0n) is 12.2. The molecule has 3 aromatic rings. The second kappa shape index (κ2) is 6.02. The molecule has 0 spiro atoms. The average Bonchev–Trinajstić information content (AvgIpc) is 3.29. The molecular weight excluding hydrogens is 296 g/mol. The van der Waals surface area contributed by atoms with E-state index in [2.05, 4.69) is 36.2 Å². The molecule has 0 bridgehead atoms. The first-order valence-electron chi connectivity index (χ1n) is 7.52. The highest BCUT2D eigenvalue weighted by Crippen LogP contribution is 2.25. The van der Waals surface area contributed by atoms with Crippen LogP contribution in [0.15, 0.2) is 42.6 Å². The molecule has 1 fully saturated rings. The van der Waals surface area contributed by atoms with Gasteiger partial charge in [0.25, 0.3) is 0 Å². The summed E-state index contributed by atoms with van der Waals surface area (Å²) in [5, 5.41) is 10.3. The Morgan fingerprint density at radius 3 is 3.09 bits per heavy atom. The monoisotopic (exact) mass is 314 g/mol. The van der Waals surface area contributed by atoms with E-state index in [9.17, 15) is 0 Å². The molecule has 4 heterocycles. The molecule has 4 rings (SSSR count). The Labute approximate surface area is 133 Å². The summed E-state index contributed by atoms with van der Waals surface area (Å²) < 4.78 is 4.05.